The van der Waals surface area contributed by atoms with Gasteiger partial charge in [0, 0.05) is 44.4 Å². The zero-order valence-electron chi connectivity index (χ0n) is 16.6. The Morgan fingerprint density at radius 3 is 2.69 bits per heavy atom. The quantitative estimate of drug-likeness (QED) is 0.844. The maximum Gasteiger partial charge on any atom is 0.410 e. The number of nitrogens with one attached hydrogen (secondary N) is 1. The van der Waals surface area contributed by atoms with Gasteiger partial charge >= 0.3 is 6.18 Å². The van der Waals surface area contributed by atoms with Crippen LogP contribution in [0.15, 0.2) is 18.3 Å². The smallest absolute Gasteiger partial charge is 0.367 e. The van der Waals surface area contributed by atoms with E-state index in [2.05, 4.69) is 15.5 Å². The van der Waals surface area contributed by atoms with E-state index in [0.29, 0.717) is 36.7 Å². The van der Waals surface area contributed by atoms with E-state index in [1.807, 2.05) is 13.8 Å². The second kappa shape index (κ2) is 7.07. The Hall–Kier alpha value is -2.52. The number of rotatable bonds is 3. The second-order valence-electron chi connectivity index (χ2n) is 8.30. The van der Waals surface area contributed by atoms with E-state index in [4.69, 9.17) is 0 Å². The van der Waals surface area contributed by atoms with E-state index >= 15 is 0 Å². The number of alkyl halides is 3. The average Bonchev–Trinajstić information content (AvgIpc) is 3.37. The van der Waals surface area contributed by atoms with Crippen molar-refractivity contribution in [3.05, 3.63) is 29.7 Å². The largest absolute Gasteiger partial charge is 0.410 e. The molecule has 1 saturated heterocycles. The van der Waals surface area contributed by atoms with Gasteiger partial charge in [0.2, 0.25) is 0 Å². The molecule has 10 heteroatoms. The van der Waals surface area contributed by atoms with Gasteiger partial charge in [-0.05, 0) is 24.8 Å². The number of aryl methyl sites for hydroxylation is 1. The van der Waals surface area contributed by atoms with Crippen LogP contribution in [0.5, 0.6) is 0 Å². The van der Waals surface area contributed by atoms with Gasteiger partial charge < -0.3 is 10.2 Å². The van der Waals surface area contributed by atoms with Crippen molar-refractivity contribution in [2.24, 2.45) is 13.0 Å². The number of carbonyl (C=O) groups excluding carboxylic acids is 1. The minimum atomic E-state index is -4.36. The first-order chi connectivity index (χ1) is 13.6. The molecule has 4 rings (SSSR count). The van der Waals surface area contributed by atoms with Crippen LogP contribution in [0.1, 0.15) is 54.8 Å². The predicted molar refractivity (Wildman–Crippen MR) is 101 cm³/mol. The van der Waals surface area contributed by atoms with Gasteiger partial charge in [0.05, 0.1) is 5.69 Å². The van der Waals surface area contributed by atoms with Crippen LogP contribution in [0, 0.1) is 5.92 Å². The fraction of sp³-hybridized carbons (Fsp3) is 0.632. The van der Waals surface area contributed by atoms with Crippen molar-refractivity contribution in [2.45, 2.75) is 50.9 Å². The molecule has 1 amide bonds. The lowest BCUT2D eigenvalue weighted by molar-refractivity contribution is -0.174. The fourth-order valence-corrected chi connectivity index (χ4v) is 4.14. The Labute approximate surface area is 166 Å². The van der Waals surface area contributed by atoms with Gasteiger partial charge in [0.25, 0.3) is 5.91 Å². The van der Waals surface area contributed by atoms with Crippen molar-refractivity contribution in [1.82, 2.24) is 24.5 Å². The van der Waals surface area contributed by atoms with Gasteiger partial charge in [0.15, 0.2) is 6.04 Å². The molecule has 7 nitrogen and oxygen atoms in total. The highest BCUT2D eigenvalue weighted by atomic mass is 19.4. The van der Waals surface area contributed by atoms with Crippen molar-refractivity contribution < 1.29 is 18.0 Å². The summed E-state index contributed by atoms with van der Waals surface area (Å²) < 4.78 is 43.6. The number of likely N-dealkylation sites (tertiary alicyclic amines) is 1. The molecule has 2 aromatic rings. The van der Waals surface area contributed by atoms with E-state index in [1.54, 1.807) is 35.0 Å². The third-order valence-corrected chi connectivity index (χ3v) is 5.87. The molecular formula is C19H25F3N6O. The molecule has 0 aliphatic carbocycles. The van der Waals surface area contributed by atoms with Gasteiger partial charge in [-0.3, -0.25) is 9.48 Å². The lowest BCUT2D eigenvalue weighted by atomic mass is 9.94. The van der Waals surface area contributed by atoms with E-state index in [-0.39, 0.29) is 30.2 Å². The monoisotopic (exact) mass is 410 g/mol. The highest BCUT2D eigenvalue weighted by molar-refractivity contribution is 5.92. The van der Waals surface area contributed by atoms with Crippen LogP contribution in [0.25, 0.3) is 0 Å². The van der Waals surface area contributed by atoms with Crippen molar-refractivity contribution in [1.29, 1.82) is 0 Å². The lowest BCUT2D eigenvalue weighted by Gasteiger charge is -2.35. The molecule has 2 aliphatic rings. The zero-order chi connectivity index (χ0) is 20.9. The van der Waals surface area contributed by atoms with Gasteiger partial charge in [-0.25, -0.2) is 4.68 Å². The van der Waals surface area contributed by atoms with Gasteiger partial charge in [-0.1, -0.05) is 13.8 Å². The highest BCUT2D eigenvalue weighted by Crippen LogP contribution is 2.42. The normalized spacial score (nSPS) is 24.7. The SMILES string of the molecule is CC(C)[C@@H]1C[C@H](C(F)(F)F)n2nc([C@H]3CCN(C(=O)c4ccn(C)n4)C3)cc2N1. The summed E-state index contributed by atoms with van der Waals surface area (Å²) in [5, 5.41) is 11.7. The Morgan fingerprint density at radius 1 is 1.31 bits per heavy atom. The molecule has 3 atom stereocenters. The number of amides is 1. The number of nitrogens with zero attached hydrogens (tertiary/aromatic N) is 5. The van der Waals surface area contributed by atoms with E-state index < -0.39 is 12.2 Å². The van der Waals surface area contributed by atoms with Crippen LogP contribution in [0.3, 0.4) is 0 Å². The van der Waals surface area contributed by atoms with Gasteiger partial charge in [-0.2, -0.15) is 23.4 Å². The number of halogens is 3. The summed E-state index contributed by atoms with van der Waals surface area (Å²) >= 11 is 0. The topological polar surface area (TPSA) is 68.0 Å². The Kier molecular flexibility index (Phi) is 4.82. The minimum absolute atomic E-state index is 0.0375. The Balaban J connectivity index is 1.54. The molecule has 0 bridgehead atoms. The highest BCUT2D eigenvalue weighted by Gasteiger charge is 2.47. The first-order valence-corrected chi connectivity index (χ1v) is 9.85. The summed E-state index contributed by atoms with van der Waals surface area (Å²) in [7, 11) is 1.74. The van der Waals surface area contributed by atoms with Crippen molar-refractivity contribution >= 4 is 11.7 Å². The fourth-order valence-electron chi connectivity index (χ4n) is 4.14. The summed E-state index contributed by atoms with van der Waals surface area (Å²) in [6.45, 7) is 4.79. The maximum absolute atomic E-state index is 13.7. The summed E-state index contributed by atoms with van der Waals surface area (Å²) in [5.74, 6) is 0.226. The first kappa shape index (κ1) is 19.8. The number of carbonyl (C=O) groups is 1. The Morgan fingerprint density at radius 2 is 2.07 bits per heavy atom. The number of hydrogen-bond acceptors (Lipinski definition) is 4. The number of hydrogen-bond donors (Lipinski definition) is 1. The predicted octanol–water partition coefficient (Wildman–Crippen LogP) is 3.19. The molecule has 0 radical (unpaired) electrons. The van der Waals surface area contributed by atoms with Crippen LogP contribution in [0.4, 0.5) is 19.0 Å². The number of aromatic nitrogens is 4. The van der Waals surface area contributed by atoms with Crippen LogP contribution in [0.2, 0.25) is 0 Å². The van der Waals surface area contributed by atoms with Crippen molar-refractivity contribution in [3.63, 3.8) is 0 Å². The molecule has 2 aliphatic heterocycles. The van der Waals surface area contributed by atoms with E-state index in [9.17, 15) is 18.0 Å². The minimum Gasteiger partial charge on any atom is -0.367 e. The summed E-state index contributed by atoms with van der Waals surface area (Å²) in [6, 6.07) is 1.48. The molecule has 2 aromatic heterocycles. The van der Waals surface area contributed by atoms with Gasteiger partial charge in [0.1, 0.15) is 11.5 Å². The molecule has 1 fully saturated rings. The summed E-state index contributed by atoms with van der Waals surface area (Å²) in [4.78, 5) is 14.3. The third kappa shape index (κ3) is 3.72. The average molecular weight is 410 g/mol. The molecular weight excluding hydrogens is 385 g/mol. The van der Waals surface area contributed by atoms with Crippen molar-refractivity contribution in [3.8, 4) is 0 Å². The molecule has 29 heavy (non-hydrogen) atoms. The Bertz CT molecular complexity index is 902. The summed E-state index contributed by atoms with van der Waals surface area (Å²) in [5.41, 5.74) is 0.971. The molecule has 0 aromatic carbocycles. The molecule has 1 N–H and O–H groups in total. The first-order valence-electron chi connectivity index (χ1n) is 9.85. The standard InChI is InChI=1S/C19H25F3N6O/c1-11(2)14-8-16(19(20,21)22)28-17(23-14)9-15(25-28)12-4-7-27(10-12)18(29)13-5-6-26(3)24-13/h5-6,9,11-12,14,16,23H,4,7-8,10H2,1-3H3/t12-,14-,16+/m0/s1. The van der Waals surface area contributed by atoms with E-state index in [0.717, 1.165) is 4.68 Å². The van der Waals surface area contributed by atoms with Crippen LogP contribution >= 0.6 is 0 Å². The molecule has 0 unspecified atom stereocenters. The number of fused-ring (bicyclic) bond motifs is 1. The molecule has 0 spiro atoms. The molecule has 4 heterocycles. The second-order valence-corrected chi connectivity index (χ2v) is 8.30. The van der Waals surface area contributed by atoms with Crippen molar-refractivity contribution in [2.75, 3.05) is 18.4 Å². The molecule has 0 saturated carbocycles. The zero-order valence-corrected chi connectivity index (χ0v) is 16.6. The summed E-state index contributed by atoms with van der Waals surface area (Å²) in [6.07, 6.45) is -2.02. The van der Waals surface area contributed by atoms with Crippen LogP contribution < -0.4 is 5.32 Å². The van der Waals surface area contributed by atoms with E-state index in [1.165, 1.54) is 0 Å². The van der Waals surface area contributed by atoms with Gasteiger partial charge in [-0.15, -0.1) is 0 Å². The number of anilines is 1. The maximum atomic E-state index is 13.7. The molecule has 158 valence electrons. The third-order valence-electron chi connectivity index (χ3n) is 5.87. The van der Waals surface area contributed by atoms with Crippen LogP contribution in [-0.2, 0) is 7.05 Å². The lowest BCUT2D eigenvalue weighted by Crippen LogP contribution is -2.41. The van der Waals surface area contributed by atoms with Crippen LogP contribution in [-0.4, -0.2) is 55.7 Å².